The quantitative estimate of drug-likeness (QED) is 0.788. The number of rotatable bonds is 4. The zero-order chi connectivity index (χ0) is 19.3. The molecule has 1 aromatic carbocycles. The number of ketones is 1. The minimum absolute atomic E-state index is 0.0463. The Balaban J connectivity index is 1.74. The van der Waals surface area contributed by atoms with Crippen molar-refractivity contribution in [1.82, 2.24) is 10.0 Å². The lowest BCUT2D eigenvalue weighted by Crippen LogP contribution is -2.61. The summed E-state index contributed by atoms with van der Waals surface area (Å²) in [5.41, 5.74) is -0.0987. The lowest BCUT2D eigenvalue weighted by molar-refractivity contribution is 0.0748. The number of hydrogen-bond acceptors (Lipinski definition) is 4. The molecular formula is C19H26N2O4S. The second-order valence-electron chi connectivity index (χ2n) is 8.27. The molecule has 2 N–H and O–H groups in total. The van der Waals surface area contributed by atoms with Crippen molar-refractivity contribution in [3.8, 4) is 0 Å². The van der Waals surface area contributed by atoms with Crippen molar-refractivity contribution >= 4 is 21.8 Å². The Kier molecular flexibility index (Phi) is 4.42. The first kappa shape index (κ1) is 18.9. The van der Waals surface area contributed by atoms with Gasteiger partial charge in [-0.25, -0.2) is 17.9 Å². The third-order valence-electron chi connectivity index (χ3n) is 6.78. The van der Waals surface area contributed by atoms with Gasteiger partial charge in [0.1, 0.15) is 0 Å². The predicted octanol–water partition coefficient (Wildman–Crippen LogP) is 3.09. The molecule has 0 radical (unpaired) electrons. The van der Waals surface area contributed by atoms with Crippen molar-refractivity contribution in [2.75, 3.05) is 0 Å². The largest absolute Gasteiger partial charge is 0.331 e. The van der Waals surface area contributed by atoms with Crippen LogP contribution in [0.4, 0.5) is 4.79 Å². The van der Waals surface area contributed by atoms with Gasteiger partial charge in [0.15, 0.2) is 5.78 Å². The summed E-state index contributed by atoms with van der Waals surface area (Å²) in [4.78, 5) is 23.7. The van der Waals surface area contributed by atoms with Crippen LogP contribution >= 0.6 is 0 Å². The number of Topliss-reactive ketones (excluding diaryl/α,β-unsaturated/α-hetero) is 1. The standard InChI is InChI=1S/C19H26N2O4S/c1-12(22)13-5-9-16(10-6-13)26(24,25)21-17(23)20-19(4)15-8-7-14(11-15)18(19,2)3/h5-6,9-10,14-15H,7-8,11H2,1-4H3,(H2,20,21,23). The predicted molar refractivity (Wildman–Crippen MR) is 98.3 cm³/mol. The summed E-state index contributed by atoms with van der Waals surface area (Å²) in [5, 5.41) is 2.95. The van der Waals surface area contributed by atoms with Crippen LogP contribution in [0.15, 0.2) is 29.2 Å². The Hall–Kier alpha value is -1.89. The number of amides is 2. The van der Waals surface area contributed by atoms with E-state index in [9.17, 15) is 18.0 Å². The number of sulfonamides is 1. The number of nitrogens with one attached hydrogen (secondary N) is 2. The molecule has 142 valence electrons. The summed E-state index contributed by atoms with van der Waals surface area (Å²) in [6.45, 7) is 7.72. The first-order valence-electron chi connectivity index (χ1n) is 8.93. The van der Waals surface area contributed by atoms with Crippen LogP contribution < -0.4 is 10.0 Å². The number of urea groups is 1. The summed E-state index contributed by atoms with van der Waals surface area (Å²) >= 11 is 0. The van der Waals surface area contributed by atoms with E-state index in [4.69, 9.17) is 0 Å². The molecule has 2 aliphatic rings. The van der Waals surface area contributed by atoms with Crippen LogP contribution in [0.2, 0.25) is 0 Å². The molecule has 6 nitrogen and oxygen atoms in total. The van der Waals surface area contributed by atoms with Gasteiger partial charge in [-0.1, -0.05) is 26.0 Å². The molecular weight excluding hydrogens is 352 g/mol. The van der Waals surface area contributed by atoms with Gasteiger partial charge in [-0.15, -0.1) is 0 Å². The van der Waals surface area contributed by atoms with Crippen LogP contribution in [0.25, 0.3) is 0 Å². The van der Waals surface area contributed by atoms with E-state index in [0.29, 0.717) is 17.4 Å². The summed E-state index contributed by atoms with van der Waals surface area (Å²) in [7, 11) is -3.99. The van der Waals surface area contributed by atoms with Gasteiger partial charge in [0.2, 0.25) is 0 Å². The second kappa shape index (κ2) is 6.08. The zero-order valence-corrected chi connectivity index (χ0v) is 16.4. The molecule has 2 amide bonds. The summed E-state index contributed by atoms with van der Waals surface area (Å²) in [6.07, 6.45) is 3.30. The van der Waals surface area contributed by atoms with E-state index in [1.807, 2.05) is 6.92 Å². The van der Waals surface area contributed by atoms with Crippen molar-refractivity contribution in [2.24, 2.45) is 17.3 Å². The molecule has 0 aromatic heterocycles. The first-order chi connectivity index (χ1) is 12.0. The molecule has 0 spiro atoms. The summed E-state index contributed by atoms with van der Waals surface area (Å²) < 4.78 is 27.0. The molecule has 0 heterocycles. The van der Waals surface area contributed by atoms with E-state index in [-0.39, 0.29) is 16.1 Å². The van der Waals surface area contributed by atoms with Gasteiger partial charge >= 0.3 is 6.03 Å². The third kappa shape index (κ3) is 2.92. The third-order valence-corrected chi connectivity index (χ3v) is 8.13. The van der Waals surface area contributed by atoms with E-state index >= 15 is 0 Å². The van der Waals surface area contributed by atoms with Gasteiger partial charge in [-0.05, 0) is 62.5 Å². The van der Waals surface area contributed by atoms with Crippen LogP contribution in [0, 0.1) is 17.3 Å². The van der Waals surface area contributed by atoms with Crippen LogP contribution in [-0.2, 0) is 10.0 Å². The van der Waals surface area contributed by atoms with E-state index in [1.54, 1.807) is 0 Å². The fourth-order valence-electron chi connectivity index (χ4n) is 4.69. The van der Waals surface area contributed by atoms with E-state index in [1.165, 1.54) is 31.2 Å². The number of benzene rings is 1. The van der Waals surface area contributed by atoms with Crippen LogP contribution in [-0.4, -0.2) is 25.8 Å². The van der Waals surface area contributed by atoms with Gasteiger partial charge in [-0.3, -0.25) is 4.79 Å². The van der Waals surface area contributed by atoms with Crippen molar-refractivity contribution in [2.45, 2.75) is 57.4 Å². The molecule has 2 aliphatic carbocycles. The molecule has 3 atom stereocenters. The summed E-state index contributed by atoms with van der Waals surface area (Å²) in [5.74, 6) is 0.769. The van der Waals surface area contributed by atoms with Crippen molar-refractivity contribution in [3.63, 3.8) is 0 Å². The van der Waals surface area contributed by atoms with Crippen LogP contribution in [0.1, 0.15) is 57.3 Å². The maximum absolute atomic E-state index is 12.5. The van der Waals surface area contributed by atoms with E-state index in [0.717, 1.165) is 19.3 Å². The molecule has 7 heteroatoms. The zero-order valence-electron chi connectivity index (χ0n) is 15.6. The van der Waals surface area contributed by atoms with Gasteiger partial charge in [0.25, 0.3) is 10.0 Å². The number of hydrogen-bond donors (Lipinski definition) is 2. The Morgan fingerprint density at radius 2 is 1.62 bits per heavy atom. The first-order valence-corrected chi connectivity index (χ1v) is 10.4. The molecule has 0 saturated heterocycles. The average molecular weight is 378 g/mol. The Morgan fingerprint density at radius 1 is 1.04 bits per heavy atom. The molecule has 1 aromatic rings. The van der Waals surface area contributed by atoms with Crippen molar-refractivity contribution in [1.29, 1.82) is 0 Å². The van der Waals surface area contributed by atoms with Crippen LogP contribution in [0.3, 0.4) is 0 Å². The van der Waals surface area contributed by atoms with E-state index in [2.05, 4.69) is 23.9 Å². The fraction of sp³-hybridized carbons (Fsp3) is 0.579. The normalized spacial score (nSPS) is 29.4. The maximum atomic E-state index is 12.5. The van der Waals surface area contributed by atoms with Gasteiger partial charge in [0, 0.05) is 11.1 Å². The number of fused-ring (bicyclic) bond motifs is 2. The maximum Gasteiger partial charge on any atom is 0.329 e. The van der Waals surface area contributed by atoms with Crippen molar-refractivity contribution in [3.05, 3.63) is 29.8 Å². The Labute approximate surface area is 154 Å². The number of carbonyl (C=O) groups is 2. The highest BCUT2D eigenvalue weighted by Crippen LogP contribution is 2.61. The molecule has 3 rings (SSSR count). The van der Waals surface area contributed by atoms with E-state index < -0.39 is 21.6 Å². The van der Waals surface area contributed by atoms with Crippen LogP contribution in [0.5, 0.6) is 0 Å². The monoisotopic (exact) mass is 378 g/mol. The highest BCUT2D eigenvalue weighted by Gasteiger charge is 2.61. The minimum Gasteiger partial charge on any atom is -0.331 e. The van der Waals surface area contributed by atoms with Gasteiger partial charge in [-0.2, -0.15) is 0 Å². The SMILES string of the molecule is CC(=O)c1ccc(S(=O)(=O)NC(=O)NC2(C)C3CCC(C3)C2(C)C)cc1. The highest BCUT2D eigenvalue weighted by molar-refractivity contribution is 7.90. The van der Waals surface area contributed by atoms with Crippen molar-refractivity contribution < 1.29 is 18.0 Å². The molecule has 26 heavy (non-hydrogen) atoms. The second-order valence-corrected chi connectivity index (χ2v) is 9.95. The topological polar surface area (TPSA) is 92.3 Å². The molecule has 0 aliphatic heterocycles. The minimum atomic E-state index is -3.99. The van der Waals surface area contributed by atoms with Gasteiger partial charge in [0.05, 0.1) is 4.90 Å². The molecule has 3 unspecified atom stereocenters. The molecule has 2 saturated carbocycles. The molecule has 2 bridgehead atoms. The summed E-state index contributed by atoms with van der Waals surface area (Å²) in [6, 6.07) is 4.83. The average Bonchev–Trinajstić information content (AvgIpc) is 3.10. The Morgan fingerprint density at radius 3 is 2.12 bits per heavy atom. The fourth-order valence-corrected chi connectivity index (χ4v) is 5.59. The van der Waals surface area contributed by atoms with Gasteiger partial charge < -0.3 is 5.32 Å². The molecule has 2 fully saturated rings. The lowest BCUT2D eigenvalue weighted by Gasteiger charge is -2.48. The lowest BCUT2D eigenvalue weighted by atomic mass is 9.64. The smallest absolute Gasteiger partial charge is 0.329 e. The Bertz CT molecular complexity index is 845. The highest BCUT2D eigenvalue weighted by atomic mass is 32.2. The number of carbonyl (C=O) groups excluding carboxylic acids is 2.